The Kier molecular flexibility index (Phi) is 6.57. The number of unbranched alkanes of at least 4 members (excludes halogenated alkanes) is 1. The largest absolute Gasteiger partial charge is 0.501 e. The molecule has 0 radical (unpaired) electrons. The Morgan fingerprint density at radius 3 is 2.71 bits per heavy atom. The zero-order chi connectivity index (χ0) is 12.3. The molecule has 0 aliphatic carbocycles. The lowest BCUT2D eigenvalue weighted by Gasteiger charge is -1.98. The zero-order valence-electron chi connectivity index (χ0n) is 10.4. The number of rotatable bonds is 7. The lowest BCUT2D eigenvalue weighted by atomic mass is 10.1. The van der Waals surface area contributed by atoms with Crippen LogP contribution < -0.4 is 0 Å². The van der Waals surface area contributed by atoms with E-state index in [0.717, 1.165) is 30.6 Å². The molecule has 0 heterocycles. The van der Waals surface area contributed by atoms with Gasteiger partial charge in [-0.15, -0.1) is 0 Å². The van der Waals surface area contributed by atoms with Gasteiger partial charge in [0.2, 0.25) is 0 Å². The molecule has 1 rings (SSSR count). The van der Waals surface area contributed by atoms with Crippen molar-refractivity contribution in [2.75, 3.05) is 6.61 Å². The quantitative estimate of drug-likeness (QED) is 0.377. The first kappa shape index (κ1) is 13.3. The minimum absolute atomic E-state index is 0.792. The highest BCUT2D eigenvalue weighted by Gasteiger charge is 1.90. The van der Waals surface area contributed by atoms with Crippen LogP contribution in [-0.2, 0) is 4.74 Å². The van der Waals surface area contributed by atoms with E-state index in [1.54, 1.807) is 6.26 Å². The normalized spacial score (nSPS) is 11.1. The van der Waals surface area contributed by atoms with Crippen LogP contribution >= 0.6 is 0 Å². The fraction of sp³-hybridized carbons (Fsp3) is 0.250. The Balaban J connectivity index is 2.32. The van der Waals surface area contributed by atoms with Gasteiger partial charge in [-0.2, -0.15) is 0 Å². The maximum Gasteiger partial charge on any atom is 0.0873 e. The highest BCUT2D eigenvalue weighted by molar-refractivity contribution is 5.72. The van der Waals surface area contributed by atoms with Crippen molar-refractivity contribution in [2.24, 2.45) is 0 Å². The third-order valence-corrected chi connectivity index (χ3v) is 2.34. The highest BCUT2D eigenvalue weighted by atomic mass is 16.5. The molecule has 0 aliphatic rings. The topological polar surface area (TPSA) is 9.23 Å². The van der Waals surface area contributed by atoms with Crippen molar-refractivity contribution in [1.82, 2.24) is 0 Å². The van der Waals surface area contributed by atoms with E-state index < -0.39 is 0 Å². The lowest BCUT2D eigenvalue weighted by Crippen LogP contribution is -1.84. The van der Waals surface area contributed by atoms with Gasteiger partial charge in [-0.3, -0.25) is 0 Å². The van der Waals surface area contributed by atoms with E-state index in [0.29, 0.717) is 0 Å². The first-order valence-corrected chi connectivity index (χ1v) is 6.03. The van der Waals surface area contributed by atoms with E-state index >= 15 is 0 Å². The van der Waals surface area contributed by atoms with Crippen molar-refractivity contribution in [3.63, 3.8) is 0 Å². The van der Waals surface area contributed by atoms with Gasteiger partial charge in [0.25, 0.3) is 0 Å². The number of allylic oxidation sites excluding steroid dienone is 4. The minimum Gasteiger partial charge on any atom is -0.501 e. The van der Waals surface area contributed by atoms with Crippen LogP contribution in [0.3, 0.4) is 0 Å². The first-order chi connectivity index (χ1) is 8.34. The van der Waals surface area contributed by atoms with Gasteiger partial charge < -0.3 is 4.74 Å². The van der Waals surface area contributed by atoms with E-state index in [1.807, 2.05) is 48.6 Å². The Morgan fingerprint density at radius 1 is 1.24 bits per heavy atom. The van der Waals surface area contributed by atoms with Crippen LogP contribution in [0.5, 0.6) is 0 Å². The van der Waals surface area contributed by atoms with Crippen LogP contribution in [0.1, 0.15) is 25.3 Å². The Hall–Kier alpha value is -1.76. The molecule has 0 saturated carbocycles. The van der Waals surface area contributed by atoms with Crippen LogP contribution in [0.4, 0.5) is 0 Å². The molecule has 0 unspecified atom stereocenters. The Bertz CT molecular complexity index is 374. The summed E-state index contributed by atoms with van der Waals surface area (Å²) in [6.45, 7) is 6.95. The molecule has 1 nitrogen and oxygen atoms in total. The predicted molar refractivity (Wildman–Crippen MR) is 74.6 cm³/mol. The fourth-order valence-electron chi connectivity index (χ4n) is 1.32. The smallest absolute Gasteiger partial charge is 0.0873 e. The van der Waals surface area contributed by atoms with E-state index in [9.17, 15) is 0 Å². The van der Waals surface area contributed by atoms with Crippen LogP contribution in [0.15, 0.2) is 61.4 Å². The summed E-state index contributed by atoms with van der Waals surface area (Å²) in [4.78, 5) is 0. The third-order valence-electron chi connectivity index (χ3n) is 2.34. The van der Waals surface area contributed by atoms with E-state index in [4.69, 9.17) is 4.74 Å². The van der Waals surface area contributed by atoms with Crippen molar-refractivity contribution in [2.45, 2.75) is 19.8 Å². The van der Waals surface area contributed by atoms with Gasteiger partial charge >= 0.3 is 0 Å². The average Bonchev–Trinajstić information content (AvgIpc) is 2.38. The molecule has 1 aromatic carbocycles. The van der Waals surface area contributed by atoms with Gasteiger partial charge in [-0.25, -0.2) is 0 Å². The number of ether oxygens (including phenoxy) is 1. The van der Waals surface area contributed by atoms with Crippen molar-refractivity contribution in [3.05, 3.63) is 67.0 Å². The Morgan fingerprint density at radius 2 is 2.00 bits per heavy atom. The molecule has 0 atom stereocenters. The molecule has 1 aromatic rings. The van der Waals surface area contributed by atoms with Gasteiger partial charge in [0.1, 0.15) is 0 Å². The van der Waals surface area contributed by atoms with Crippen molar-refractivity contribution >= 4 is 5.57 Å². The van der Waals surface area contributed by atoms with Crippen LogP contribution in [0, 0.1) is 0 Å². The molecule has 17 heavy (non-hydrogen) atoms. The summed E-state index contributed by atoms with van der Waals surface area (Å²) < 4.78 is 5.30. The van der Waals surface area contributed by atoms with Crippen LogP contribution in [-0.4, -0.2) is 6.61 Å². The zero-order valence-corrected chi connectivity index (χ0v) is 10.4. The molecule has 1 heteroatoms. The molecule has 0 saturated heterocycles. The number of hydrogen-bond donors (Lipinski definition) is 0. The monoisotopic (exact) mass is 228 g/mol. The summed E-state index contributed by atoms with van der Waals surface area (Å²) in [6.07, 6.45) is 9.81. The molecule has 0 bridgehead atoms. The lowest BCUT2D eigenvalue weighted by molar-refractivity contribution is 0.244. The molecule has 0 N–H and O–H groups in total. The molecule has 0 amide bonds. The van der Waals surface area contributed by atoms with Crippen molar-refractivity contribution in [1.29, 1.82) is 0 Å². The molecular weight excluding hydrogens is 208 g/mol. The van der Waals surface area contributed by atoms with Gasteiger partial charge in [0.05, 0.1) is 12.9 Å². The summed E-state index contributed by atoms with van der Waals surface area (Å²) in [5, 5.41) is 0. The molecule has 0 aliphatic heterocycles. The predicted octanol–water partition coefficient (Wildman–Crippen LogP) is 4.59. The van der Waals surface area contributed by atoms with Gasteiger partial charge in [0.15, 0.2) is 0 Å². The maximum atomic E-state index is 5.30. The molecule has 90 valence electrons. The molecular formula is C16H20O. The SMILES string of the molecule is C=C(C=CC=COCCCC)c1ccccc1. The first-order valence-electron chi connectivity index (χ1n) is 6.03. The molecule has 0 spiro atoms. The summed E-state index contributed by atoms with van der Waals surface area (Å²) in [5.74, 6) is 0. The second kappa shape index (κ2) is 8.40. The molecule has 0 fully saturated rings. The van der Waals surface area contributed by atoms with E-state index in [1.165, 1.54) is 0 Å². The highest BCUT2D eigenvalue weighted by Crippen LogP contribution is 2.12. The Labute approximate surface area is 104 Å². The van der Waals surface area contributed by atoms with Gasteiger partial charge in [0, 0.05) is 0 Å². The van der Waals surface area contributed by atoms with Crippen molar-refractivity contribution < 1.29 is 4.74 Å². The van der Waals surface area contributed by atoms with Gasteiger partial charge in [-0.1, -0.05) is 62.4 Å². The third kappa shape index (κ3) is 5.76. The van der Waals surface area contributed by atoms with Crippen LogP contribution in [0.2, 0.25) is 0 Å². The average molecular weight is 228 g/mol. The second-order valence-corrected chi connectivity index (χ2v) is 3.80. The number of benzene rings is 1. The maximum absolute atomic E-state index is 5.30. The minimum atomic E-state index is 0.792. The molecule has 0 aromatic heterocycles. The second-order valence-electron chi connectivity index (χ2n) is 3.80. The van der Waals surface area contributed by atoms with E-state index in [-0.39, 0.29) is 0 Å². The number of hydrogen-bond acceptors (Lipinski definition) is 1. The van der Waals surface area contributed by atoms with Gasteiger partial charge in [-0.05, 0) is 23.6 Å². The summed E-state index contributed by atoms with van der Waals surface area (Å²) in [7, 11) is 0. The fourth-order valence-corrected chi connectivity index (χ4v) is 1.32. The van der Waals surface area contributed by atoms with Crippen LogP contribution in [0.25, 0.3) is 5.57 Å². The summed E-state index contributed by atoms with van der Waals surface area (Å²) in [6, 6.07) is 10.1. The van der Waals surface area contributed by atoms with Crippen molar-refractivity contribution in [3.8, 4) is 0 Å². The van der Waals surface area contributed by atoms with E-state index in [2.05, 4.69) is 13.5 Å². The standard InChI is InChI=1S/C16H20O/c1-3-4-13-17-14-9-8-10-15(2)16-11-6-5-7-12-16/h5-12,14H,2-4,13H2,1H3. The summed E-state index contributed by atoms with van der Waals surface area (Å²) >= 11 is 0. The summed E-state index contributed by atoms with van der Waals surface area (Å²) in [5.41, 5.74) is 2.15.